The Morgan fingerprint density at radius 1 is 1.58 bits per heavy atom. The SMILES string of the molecule is O=C(NCc1nn[nH]n1)c1cc(Cl)ncc1[N+](=O)[O-]. The Kier molecular flexibility index (Phi) is 3.61. The van der Waals surface area contributed by atoms with Gasteiger partial charge in [0.2, 0.25) is 0 Å². The van der Waals surface area contributed by atoms with Crippen LogP contribution in [0.2, 0.25) is 5.15 Å². The minimum Gasteiger partial charge on any atom is -0.344 e. The van der Waals surface area contributed by atoms with Crippen LogP contribution in [0.25, 0.3) is 0 Å². The smallest absolute Gasteiger partial charge is 0.300 e. The van der Waals surface area contributed by atoms with Gasteiger partial charge >= 0.3 is 0 Å². The highest BCUT2D eigenvalue weighted by Crippen LogP contribution is 2.20. The first kappa shape index (κ1) is 12.8. The van der Waals surface area contributed by atoms with Gasteiger partial charge < -0.3 is 5.32 Å². The molecule has 2 N–H and O–H groups in total. The molecule has 1 amide bonds. The van der Waals surface area contributed by atoms with E-state index in [-0.39, 0.29) is 23.1 Å². The van der Waals surface area contributed by atoms with E-state index in [9.17, 15) is 14.9 Å². The summed E-state index contributed by atoms with van der Waals surface area (Å²) in [5.41, 5.74) is -0.622. The Balaban J connectivity index is 2.18. The zero-order valence-corrected chi connectivity index (χ0v) is 9.96. The Morgan fingerprint density at radius 2 is 2.37 bits per heavy atom. The molecule has 10 nitrogen and oxygen atoms in total. The standard InChI is InChI=1S/C8H6ClN7O3/c9-6-1-4(5(2-10-6)16(18)19)8(17)11-3-7-12-14-15-13-7/h1-2H,3H2,(H,11,17)(H,12,13,14,15). The Morgan fingerprint density at radius 3 is 3.00 bits per heavy atom. The summed E-state index contributed by atoms with van der Waals surface area (Å²) in [6, 6.07) is 1.12. The van der Waals surface area contributed by atoms with Crippen LogP contribution in [0, 0.1) is 10.1 Å². The summed E-state index contributed by atoms with van der Waals surface area (Å²) in [7, 11) is 0. The number of nitro groups is 1. The van der Waals surface area contributed by atoms with E-state index in [2.05, 4.69) is 30.9 Å². The van der Waals surface area contributed by atoms with Crippen LogP contribution in [0.3, 0.4) is 0 Å². The molecule has 2 heterocycles. The molecule has 0 aliphatic heterocycles. The molecule has 2 rings (SSSR count). The van der Waals surface area contributed by atoms with E-state index in [4.69, 9.17) is 11.6 Å². The molecule has 11 heteroatoms. The largest absolute Gasteiger partial charge is 0.344 e. The third-order valence-corrected chi connectivity index (χ3v) is 2.29. The molecule has 0 saturated carbocycles. The summed E-state index contributed by atoms with van der Waals surface area (Å²) >= 11 is 5.61. The first-order valence-corrected chi connectivity index (χ1v) is 5.26. The maximum absolute atomic E-state index is 11.8. The lowest BCUT2D eigenvalue weighted by molar-refractivity contribution is -0.385. The number of H-pyrrole nitrogens is 1. The van der Waals surface area contributed by atoms with E-state index in [1.165, 1.54) is 0 Å². The van der Waals surface area contributed by atoms with Crippen LogP contribution in [-0.4, -0.2) is 36.4 Å². The summed E-state index contributed by atoms with van der Waals surface area (Å²) < 4.78 is 0. The van der Waals surface area contributed by atoms with Gasteiger partial charge in [0.25, 0.3) is 11.6 Å². The second-order valence-electron chi connectivity index (χ2n) is 3.29. The van der Waals surface area contributed by atoms with Gasteiger partial charge in [-0.2, -0.15) is 5.21 Å². The van der Waals surface area contributed by atoms with Gasteiger partial charge in [-0.05, 0) is 6.07 Å². The number of carbonyl (C=O) groups excluding carboxylic acids is 1. The molecule has 0 saturated heterocycles. The van der Waals surface area contributed by atoms with Crippen molar-refractivity contribution in [3.8, 4) is 0 Å². The molecule has 0 bridgehead atoms. The number of hydrogen-bond acceptors (Lipinski definition) is 7. The van der Waals surface area contributed by atoms with E-state index in [0.29, 0.717) is 0 Å². The molecule has 0 atom stereocenters. The summed E-state index contributed by atoms with van der Waals surface area (Å²) in [5, 5.41) is 25.9. The van der Waals surface area contributed by atoms with Crippen molar-refractivity contribution in [1.29, 1.82) is 0 Å². The molecule has 0 aromatic carbocycles. The van der Waals surface area contributed by atoms with Gasteiger partial charge in [-0.25, -0.2) is 4.98 Å². The maximum atomic E-state index is 11.8. The number of carbonyl (C=O) groups is 1. The topological polar surface area (TPSA) is 140 Å². The number of rotatable bonds is 4. The molecule has 19 heavy (non-hydrogen) atoms. The van der Waals surface area contributed by atoms with Crippen molar-refractivity contribution >= 4 is 23.2 Å². The highest BCUT2D eigenvalue weighted by atomic mass is 35.5. The van der Waals surface area contributed by atoms with Crippen molar-refractivity contribution in [1.82, 2.24) is 30.9 Å². The predicted octanol–water partition coefficient (Wildman–Crippen LogP) is 0.0863. The lowest BCUT2D eigenvalue weighted by Gasteiger charge is -2.03. The van der Waals surface area contributed by atoms with Crippen molar-refractivity contribution in [3.05, 3.63) is 38.9 Å². The number of tetrazole rings is 1. The average molecular weight is 284 g/mol. The Bertz CT molecular complexity index is 615. The van der Waals surface area contributed by atoms with Crippen molar-refractivity contribution in [2.45, 2.75) is 6.54 Å². The average Bonchev–Trinajstić information content (AvgIpc) is 2.88. The Labute approximate surface area is 110 Å². The van der Waals surface area contributed by atoms with Crippen LogP contribution in [-0.2, 0) is 6.54 Å². The second-order valence-corrected chi connectivity index (χ2v) is 3.68. The number of nitrogens with one attached hydrogen (secondary N) is 2. The van der Waals surface area contributed by atoms with Crippen LogP contribution in [0.1, 0.15) is 16.2 Å². The third kappa shape index (κ3) is 2.98. The van der Waals surface area contributed by atoms with E-state index in [0.717, 1.165) is 12.3 Å². The Hall–Kier alpha value is -2.62. The molecule has 2 aromatic heterocycles. The molecule has 0 aliphatic carbocycles. The number of hydrogen-bond donors (Lipinski definition) is 2. The van der Waals surface area contributed by atoms with Gasteiger partial charge in [-0.15, -0.1) is 10.2 Å². The molecule has 98 valence electrons. The van der Waals surface area contributed by atoms with Crippen molar-refractivity contribution in [2.24, 2.45) is 0 Å². The van der Waals surface area contributed by atoms with Gasteiger partial charge in [-0.1, -0.05) is 16.8 Å². The summed E-state index contributed by atoms with van der Waals surface area (Å²) in [4.78, 5) is 25.4. The number of nitrogens with zero attached hydrogens (tertiary/aromatic N) is 5. The minimum atomic E-state index is -0.716. The van der Waals surface area contributed by atoms with Gasteiger partial charge in [0, 0.05) is 0 Å². The highest BCUT2D eigenvalue weighted by Gasteiger charge is 2.21. The lowest BCUT2D eigenvalue weighted by Crippen LogP contribution is -2.24. The van der Waals surface area contributed by atoms with Crippen molar-refractivity contribution in [2.75, 3.05) is 0 Å². The summed E-state index contributed by atoms with van der Waals surface area (Å²) in [5.74, 6) is -0.433. The first-order chi connectivity index (χ1) is 9.08. The summed E-state index contributed by atoms with van der Waals surface area (Å²) in [6.45, 7) is -0.0214. The fourth-order valence-corrected chi connectivity index (χ4v) is 1.42. The number of amides is 1. The predicted molar refractivity (Wildman–Crippen MR) is 61.2 cm³/mol. The normalized spacial score (nSPS) is 10.2. The van der Waals surface area contributed by atoms with Crippen molar-refractivity contribution < 1.29 is 9.72 Å². The van der Waals surface area contributed by atoms with Crippen LogP contribution >= 0.6 is 11.6 Å². The van der Waals surface area contributed by atoms with Crippen LogP contribution in [0.5, 0.6) is 0 Å². The monoisotopic (exact) mass is 283 g/mol. The van der Waals surface area contributed by atoms with E-state index < -0.39 is 16.5 Å². The van der Waals surface area contributed by atoms with Crippen LogP contribution < -0.4 is 5.32 Å². The lowest BCUT2D eigenvalue weighted by atomic mass is 10.2. The zero-order chi connectivity index (χ0) is 13.8. The first-order valence-electron chi connectivity index (χ1n) is 4.88. The molecule has 0 spiro atoms. The molecule has 0 unspecified atom stereocenters. The molecule has 2 aromatic rings. The van der Waals surface area contributed by atoms with E-state index >= 15 is 0 Å². The fraction of sp³-hybridized carbons (Fsp3) is 0.125. The van der Waals surface area contributed by atoms with Gasteiger partial charge in [0.05, 0.1) is 11.5 Å². The summed E-state index contributed by atoms with van der Waals surface area (Å²) in [6.07, 6.45) is 0.922. The minimum absolute atomic E-state index is 0.0182. The molecule has 0 radical (unpaired) electrons. The van der Waals surface area contributed by atoms with Gasteiger partial charge in [0.1, 0.15) is 16.9 Å². The highest BCUT2D eigenvalue weighted by molar-refractivity contribution is 6.29. The number of aromatic nitrogens is 5. The van der Waals surface area contributed by atoms with Crippen LogP contribution in [0.15, 0.2) is 12.3 Å². The zero-order valence-electron chi connectivity index (χ0n) is 9.20. The molecular formula is C8H6ClN7O3. The molecule has 0 fully saturated rings. The van der Waals surface area contributed by atoms with E-state index in [1.807, 2.05) is 0 Å². The quantitative estimate of drug-likeness (QED) is 0.460. The number of aromatic amines is 1. The molecular weight excluding hydrogens is 278 g/mol. The fourth-order valence-electron chi connectivity index (χ4n) is 1.26. The van der Waals surface area contributed by atoms with Gasteiger partial charge in [0.15, 0.2) is 5.82 Å². The van der Waals surface area contributed by atoms with Crippen molar-refractivity contribution in [3.63, 3.8) is 0 Å². The molecule has 0 aliphatic rings. The van der Waals surface area contributed by atoms with E-state index in [1.54, 1.807) is 0 Å². The number of halogens is 1. The maximum Gasteiger partial charge on any atom is 0.300 e. The van der Waals surface area contributed by atoms with Gasteiger partial charge in [-0.3, -0.25) is 14.9 Å². The number of pyridine rings is 1. The van der Waals surface area contributed by atoms with Crippen LogP contribution in [0.4, 0.5) is 5.69 Å². The third-order valence-electron chi connectivity index (χ3n) is 2.09. The second kappa shape index (κ2) is 5.35.